The Morgan fingerprint density at radius 2 is 2.21 bits per heavy atom. The van der Waals surface area contributed by atoms with Crippen LogP contribution in [0.1, 0.15) is 25.3 Å². The molecule has 1 unspecified atom stereocenters. The molecule has 0 saturated heterocycles. The van der Waals surface area contributed by atoms with Crippen molar-refractivity contribution in [3.05, 3.63) is 34.9 Å². The van der Waals surface area contributed by atoms with Gasteiger partial charge in [0.1, 0.15) is 0 Å². The molecular formula is C12H16ClN. The fraction of sp³-hybridized carbons (Fsp3) is 0.500. The van der Waals surface area contributed by atoms with Gasteiger partial charge in [-0.05, 0) is 49.8 Å². The van der Waals surface area contributed by atoms with Gasteiger partial charge in [0.25, 0.3) is 0 Å². The van der Waals surface area contributed by atoms with Crippen molar-refractivity contribution in [3.63, 3.8) is 0 Å². The first-order chi connectivity index (χ1) is 6.58. The largest absolute Gasteiger partial charge is 0.325 e. The van der Waals surface area contributed by atoms with Gasteiger partial charge in [-0.25, -0.2) is 0 Å². The molecule has 0 bridgehead atoms. The minimum atomic E-state index is -0.0509. The number of benzene rings is 1. The maximum atomic E-state index is 6.26. The lowest BCUT2D eigenvalue weighted by Gasteiger charge is -2.24. The summed E-state index contributed by atoms with van der Waals surface area (Å²) in [6.45, 7) is 2.14. The lowest BCUT2D eigenvalue weighted by molar-refractivity contribution is 0.406. The third kappa shape index (κ3) is 2.28. The Balaban J connectivity index is 2.09. The molecule has 76 valence electrons. The minimum Gasteiger partial charge on any atom is -0.325 e. The van der Waals surface area contributed by atoms with Crippen LogP contribution in [0.4, 0.5) is 0 Å². The number of halogens is 1. The molecule has 0 amide bonds. The van der Waals surface area contributed by atoms with E-state index in [-0.39, 0.29) is 5.54 Å². The molecule has 0 aliphatic heterocycles. The molecule has 2 heteroatoms. The summed E-state index contributed by atoms with van der Waals surface area (Å²) in [5.41, 5.74) is 7.45. The van der Waals surface area contributed by atoms with Crippen LogP contribution in [-0.4, -0.2) is 5.54 Å². The average molecular weight is 210 g/mol. The Morgan fingerprint density at radius 3 is 2.79 bits per heavy atom. The van der Waals surface area contributed by atoms with Crippen molar-refractivity contribution in [1.82, 2.24) is 0 Å². The van der Waals surface area contributed by atoms with Crippen LogP contribution in [0.3, 0.4) is 0 Å². The zero-order valence-electron chi connectivity index (χ0n) is 8.46. The van der Waals surface area contributed by atoms with E-state index in [2.05, 4.69) is 13.0 Å². The Labute approximate surface area is 90.3 Å². The van der Waals surface area contributed by atoms with Crippen molar-refractivity contribution in [3.8, 4) is 0 Å². The van der Waals surface area contributed by atoms with Gasteiger partial charge in [-0.1, -0.05) is 23.7 Å². The van der Waals surface area contributed by atoms with E-state index in [0.29, 0.717) is 5.92 Å². The molecule has 0 spiro atoms. The average Bonchev–Trinajstić information content (AvgIpc) is 2.84. The second kappa shape index (κ2) is 3.56. The van der Waals surface area contributed by atoms with Crippen molar-refractivity contribution in [2.75, 3.05) is 0 Å². The summed E-state index contributed by atoms with van der Waals surface area (Å²) in [5.74, 6) is 0.710. The lowest BCUT2D eigenvalue weighted by Crippen LogP contribution is -2.40. The van der Waals surface area contributed by atoms with Gasteiger partial charge in [-0.3, -0.25) is 0 Å². The molecule has 1 atom stereocenters. The molecule has 1 saturated carbocycles. The van der Waals surface area contributed by atoms with E-state index in [1.807, 2.05) is 18.2 Å². The fourth-order valence-electron chi connectivity index (χ4n) is 1.97. The molecule has 0 aromatic heterocycles. The highest BCUT2D eigenvalue weighted by molar-refractivity contribution is 6.30. The standard InChI is InChI=1S/C12H16ClN/c1-12(14,10-5-6-10)8-9-3-2-4-11(13)7-9/h2-4,7,10H,5-6,8,14H2,1H3. The quantitative estimate of drug-likeness (QED) is 0.814. The SMILES string of the molecule is CC(N)(Cc1cccc(Cl)c1)C1CC1. The normalized spacial score (nSPS) is 20.5. The van der Waals surface area contributed by atoms with Gasteiger partial charge in [0.05, 0.1) is 0 Å². The van der Waals surface area contributed by atoms with Gasteiger partial charge in [-0.15, -0.1) is 0 Å². The number of nitrogens with two attached hydrogens (primary N) is 1. The van der Waals surface area contributed by atoms with Gasteiger partial charge >= 0.3 is 0 Å². The first-order valence-electron chi connectivity index (χ1n) is 5.11. The maximum absolute atomic E-state index is 6.26. The number of hydrogen-bond acceptors (Lipinski definition) is 1. The predicted octanol–water partition coefficient (Wildman–Crippen LogP) is 3.01. The van der Waals surface area contributed by atoms with Crippen LogP contribution < -0.4 is 5.73 Å². The highest BCUT2D eigenvalue weighted by atomic mass is 35.5. The molecule has 2 N–H and O–H groups in total. The summed E-state index contributed by atoms with van der Waals surface area (Å²) in [4.78, 5) is 0. The zero-order chi connectivity index (χ0) is 10.2. The molecule has 1 aliphatic rings. The molecular weight excluding hydrogens is 194 g/mol. The van der Waals surface area contributed by atoms with Crippen molar-refractivity contribution < 1.29 is 0 Å². The summed E-state index contributed by atoms with van der Waals surface area (Å²) >= 11 is 5.93. The Kier molecular flexibility index (Phi) is 2.54. The van der Waals surface area contributed by atoms with E-state index in [1.165, 1.54) is 18.4 Å². The van der Waals surface area contributed by atoms with E-state index in [0.717, 1.165) is 11.4 Å². The van der Waals surface area contributed by atoms with Crippen LogP contribution >= 0.6 is 11.6 Å². The molecule has 1 nitrogen and oxygen atoms in total. The van der Waals surface area contributed by atoms with E-state index in [1.54, 1.807) is 0 Å². The lowest BCUT2D eigenvalue weighted by atomic mass is 9.89. The van der Waals surface area contributed by atoms with Crippen molar-refractivity contribution in [2.24, 2.45) is 11.7 Å². The van der Waals surface area contributed by atoms with Crippen LogP contribution in [-0.2, 0) is 6.42 Å². The summed E-state index contributed by atoms with van der Waals surface area (Å²) in [6, 6.07) is 7.99. The predicted molar refractivity (Wildman–Crippen MR) is 60.5 cm³/mol. The topological polar surface area (TPSA) is 26.0 Å². The third-order valence-electron chi connectivity index (χ3n) is 2.98. The van der Waals surface area contributed by atoms with Crippen LogP contribution in [0.2, 0.25) is 5.02 Å². The van der Waals surface area contributed by atoms with Crippen molar-refractivity contribution >= 4 is 11.6 Å². The molecule has 1 fully saturated rings. The fourth-order valence-corrected chi connectivity index (χ4v) is 2.19. The molecule has 0 radical (unpaired) electrons. The maximum Gasteiger partial charge on any atom is 0.0408 e. The Bertz CT molecular complexity index is 329. The van der Waals surface area contributed by atoms with Crippen LogP contribution in [0.5, 0.6) is 0 Å². The van der Waals surface area contributed by atoms with E-state index >= 15 is 0 Å². The molecule has 0 heterocycles. The van der Waals surface area contributed by atoms with E-state index in [4.69, 9.17) is 17.3 Å². The summed E-state index contributed by atoms with van der Waals surface area (Å²) in [5, 5.41) is 0.800. The van der Waals surface area contributed by atoms with Crippen LogP contribution in [0.25, 0.3) is 0 Å². The first kappa shape index (κ1) is 10.0. The van der Waals surface area contributed by atoms with Crippen molar-refractivity contribution in [1.29, 1.82) is 0 Å². The summed E-state index contributed by atoms with van der Waals surface area (Å²) < 4.78 is 0. The van der Waals surface area contributed by atoms with Crippen LogP contribution in [0, 0.1) is 5.92 Å². The van der Waals surface area contributed by atoms with E-state index < -0.39 is 0 Å². The molecule has 2 rings (SSSR count). The van der Waals surface area contributed by atoms with Gasteiger partial charge in [0, 0.05) is 10.6 Å². The van der Waals surface area contributed by atoms with Crippen molar-refractivity contribution in [2.45, 2.75) is 31.7 Å². The van der Waals surface area contributed by atoms with Crippen LogP contribution in [0.15, 0.2) is 24.3 Å². The highest BCUT2D eigenvalue weighted by Gasteiger charge is 2.38. The van der Waals surface area contributed by atoms with E-state index in [9.17, 15) is 0 Å². The number of hydrogen-bond donors (Lipinski definition) is 1. The molecule has 1 aromatic carbocycles. The summed E-state index contributed by atoms with van der Waals surface area (Å²) in [7, 11) is 0. The molecule has 1 aliphatic carbocycles. The molecule has 14 heavy (non-hydrogen) atoms. The highest BCUT2D eigenvalue weighted by Crippen LogP contribution is 2.39. The monoisotopic (exact) mass is 209 g/mol. The van der Waals surface area contributed by atoms with Gasteiger partial charge in [0.2, 0.25) is 0 Å². The first-order valence-corrected chi connectivity index (χ1v) is 5.49. The van der Waals surface area contributed by atoms with Gasteiger partial charge in [-0.2, -0.15) is 0 Å². The molecule has 1 aromatic rings. The second-order valence-electron chi connectivity index (χ2n) is 4.59. The zero-order valence-corrected chi connectivity index (χ0v) is 9.22. The number of rotatable bonds is 3. The Morgan fingerprint density at radius 1 is 1.50 bits per heavy atom. The smallest absolute Gasteiger partial charge is 0.0408 e. The third-order valence-corrected chi connectivity index (χ3v) is 3.22. The second-order valence-corrected chi connectivity index (χ2v) is 5.02. The minimum absolute atomic E-state index is 0.0509. The van der Waals surface area contributed by atoms with Gasteiger partial charge in [0.15, 0.2) is 0 Å². The van der Waals surface area contributed by atoms with Gasteiger partial charge < -0.3 is 5.73 Å². The Hall–Kier alpha value is -0.530. The summed E-state index contributed by atoms with van der Waals surface area (Å²) in [6.07, 6.45) is 3.50.